The van der Waals surface area contributed by atoms with Crippen molar-refractivity contribution in [3.05, 3.63) is 36.4 Å². The van der Waals surface area contributed by atoms with Crippen LogP contribution in [0.25, 0.3) is 0 Å². The van der Waals surface area contributed by atoms with Crippen LogP contribution < -0.4 is 10.6 Å². The molecule has 0 aliphatic carbocycles. The van der Waals surface area contributed by atoms with Crippen molar-refractivity contribution < 1.29 is 9.59 Å². The van der Waals surface area contributed by atoms with Crippen molar-refractivity contribution in [2.45, 2.75) is 27.7 Å². The van der Waals surface area contributed by atoms with Crippen molar-refractivity contribution in [1.29, 1.82) is 0 Å². The molecule has 1 aromatic rings. The zero-order valence-corrected chi connectivity index (χ0v) is 11.8. The lowest BCUT2D eigenvalue weighted by atomic mass is 9.95. The van der Waals surface area contributed by atoms with E-state index >= 15 is 0 Å². The molecule has 0 aromatic heterocycles. The predicted molar refractivity (Wildman–Crippen MR) is 78.0 cm³/mol. The van der Waals surface area contributed by atoms with Gasteiger partial charge >= 0.3 is 0 Å². The third-order valence-electron chi connectivity index (χ3n) is 2.41. The number of carbonyl (C=O) groups excluding carboxylic acids is 2. The Morgan fingerprint density at radius 3 is 1.89 bits per heavy atom. The van der Waals surface area contributed by atoms with Gasteiger partial charge < -0.3 is 10.6 Å². The van der Waals surface area contributed by atoms with Gasteiger partial charge in [-0.05, 0) is 37.3 Å². The summed E-state index contributed by atoms with van der Waals surface area (Å²) in [5.41, 5.74) is 0.972. The molecule has 0 spiro atoms. The first-order valence-corrected chi connectivity index (χ1v) is 6.18. The first-order valence-electron chi connectivity index (χ1n) is 6.18. The van der Waals surface area contributed by atoms with Gasteiger partial charge in [-0.25, -0.2) is 0 Å². The van der Waals surface area contributed by atoms with E-state index in [0.29, 0.717) is 11.4 Å². The van der Waals surface area contributed by atoms with E-state index in [9.17, 15) is 9.59 Å². The number of nitrogens with one attached hydrogen (secondary N) is 2. The first kappa shape index (κ1) is 15.0. The van der Waals surface area contributed by atoms with Gasteiger partial charge in [-0.2, -0.15) is 0 Å². The zero-order chi connectivity index (χ0) is 14.5. The van der Waals surface area contributed by atoms with Crippen molar-refractivity contribution in [3.8, 4) is 0 Å². The van der Waals surface area contributed by atoms with Crippen LogP contribution in [-0.2, 0) is 9.59 Å². The molecule has 0 saturated carbocycles. The van der Waals surface area contributed by atoms with E-state index < -0.39 is 5.41 Å². The number of allylic oxidation sites excluding steroid dienone is 1. The SMILES string of the molecule is CC=CC(=O)Nc1ccc(NC(=O)C(C)(C)C)cc1. The normalized spacial score (nSPS) is 11.4. The molecular formula is C15H20N2O2. The maximum atomic E-state index is 11.8. The van der Waals surface area contributed by atoms with E-state index in [1.54, 1.807) is 37.3 Å². The maximum Gasteiger partial charge on any atom is 0.248 e. The number of rotatable bonds is 3. The van der Waals surface area contributed by atoms with E-state index in [1.807, 2.05) is 20.8 Å². The standard InChI is InChI=1S/C15H20N2O2/c1-5-6-13(18)16-11-7-9-12(10-8-11)17-14(19)15(2,3)4/h5-10H,1-4H3,(H,16,18)(H,17,19). The average Bonchev–Trinajstić information content (AvgIpc) is 2.30. The number of carbonyl (C=O) groups is 2. The van der Waals surface area contributed by atoms with E-state index in [-0.39, 0.29) is 11.8 Å². The van der Waals surface area contributed by atoms with Gasteiger partial charge in [-0.1, -0.05) is 26.8 Å². The average molecular weight is 260 g/mol. The fourth-order valence-electron chi connectivity index (χ4n) is 1.29. The Balaban J connectivity index is 2.67. The minimum Gasteiger partial charge on any atom is -0.326 e. The van der Waals surface area contributed by atoms with Crippen molar-refractivity contribution in [3.63, 3.8) is 0 Å². The van der Waals surface area contributed by atoms with Gasteiger partial charge in [0, 0.05) is 16.8 Å². The molecular weight excluding hydrogens is 240 g/mol. The minimum absolute atomic E-state index is 0.0433. The summed E-state index contributed by atoms with van der Waals surface area (Å²) in [6.45, 7) is 7.35. The highest BCUT2D eigenvalue weighted by Gasteiger charge is 2.20. The second-order valence-corrected chi connectivity index (χ2v) is 5.27. The van der Waals surface area contributed by atoms with E-state index in [1.165, 1.54) is 6.08 Å². The zero-order valence-electron chi connectivity index (χ0n) is 11.8. The van der Waals surface area contributed by atoms with Gasteiger partial charge in [0.05, 0.1) is 0 Å². The Bertz CT molecular complexity index is 482. The number of hydrogen-bond donors (Lipinski definition) is 2. The highest BCUT2D eigenvalue weighted by molar-refractivity contribution is 5.99. The van der Waals surface area contributed by atoms with Gasteiger partial charge in [-0.3, -0.25) is 9.59 Å². The van der Waals surface area contributed by atoms with Crippen LogP contribution >= 0.6 is 0 Å². The molecule has 1 rings (SSSR count). The fourth-order valence-corrected chi connectivity index (χ4v) is 1.29. The topological polar surface area (TPSA) is 58.2 Å². The van der Waals surface area contributed by atoms with Gasteiger partial charge in [-0.15, -0.1) is 0 Å². The molecule has 0 aliphatic heterocycles. The van der Waals surface area contributed by atoms with Gasteiger partial charge in [0.15, 0.2) is 0 Å². The second-order valence-electron chi connectivity index (χ2n) is 5.27. The quantitative estimate of drug-likeness (QED) is 0.820. The molecule has 0 fully saturated rings. The molecule has 0 unspecified atom stereocenters. The van der Waals surface area contributed by atoms with Crippen molar-refractivity contribution in [2.24, 2.45) is 5.41 Å². The molecule has 102 valence electrons. The molecule has 19 heavy (non-hydrogen) atoms. The van der Waals surface area contributed by atoms with Crippen LogP contribution in [0, 0.1) is 5.41 Å². The number of anilines is 2. The molecule has 1 aromatic carbocycles. The molecule has 0 bridgehead atoms. The highest BCUT2D eigenvalue weighted by atomic mass is 16.2. The Hall–Kier alpha value is -2.10. The van der Waals surface area contributed by atoms with Crippen LogP contribution in [0.5, 0.6) is 0 Å². The molecule has 0 saturated heterocycles. The van der Waals surface area contributed by atoms with Crippen LogP contribution in [0.4, 0.5) is 11.4 Å². The smallest absolute Gasteiger partial charge is 0.248 e. The summed E-state index contributed by atoms with van der Waals surface area (Å²) in [6, 6.07) is 7.02. The first-order chi connectivity index (χ1) is 8.82. The molecule has 4 heteroatoms. The monoisotopic (exact) mass is 260 g/mol. The Morgan fingerprint density at radius 2 is 1.47 bits per heavy atom. The van der Waals surface area contributed by atoms with Gasteiger partial charge in [0.1, 0.15) is 0 Å². The van der Waals surface area contributed by atoms with Crippen molar-refractivity contribution in [2.75, 3.05) is 10.6 Å². The fraction of sp³-hybridized carbons (Fsp3) is 0.333. The minimum atomic E-state index is -0.432. The summed E-state index contributed by atoms with van der Waals surface area (Å²) >= 11 is 0. The summed E-state index contributed by atoms with van der Waals surface area (Å²) in [4.78, 5) is 23.1. The number of hydrogen-bond acceptors (Lipinski definition) is 2. The van der Waals surface area contributed by atoms with E-state index in [2.05, 4.69) is 10.6 Å². The van der Waals surface area contributed by atoms with Crippen LogP contribution in [0.15, 0.2) is 36.4 Å². The highest BCUT2D eigenvalue weighted by Crippen LogP contribution is 2.19. The summed E-state index contributed by atoms with van der Waals surface area (Å²) in [7, 11) is 0. The lowest BCUT2D eigenvalue weighted by Crippen LogP contribution is -2.27. The maximum absolute atomic E-state index is 11.8. The molecule has 2 amide bonds. The largest absolute Gasteiger partial charge is 0.326 e. The second kappa shape index (κ2) is 6.18. The molecule has 0 aliphatic rings. The van der Waals surface area contributed by atoms with E-state index in [0.717, 1.165) is 0 Å². The molecule has 0 atom stereocenters. The van der Waals surface area contributed by atoms with Gasteiger partial charge in [0.2, 0.25) is 11.8 Å². The predicted octanol–water partition coefficient (Wildman–Crippen LogP) is 3.19. The summed E-state index contributed by atoms with van der Waals surface area (Å²) in [6.07, 6.45) is 3.13. The number of benzene rings is 1. The summed E-state index contributed by atoms with van der Waals surface area (Å²) in [5, 5.41) is 5.54. The molecule has 0 radical (unpaired) electrons. The van der Waals surface area contributed by atoms with Crippen LogP contribution in [-0.4, -0.2) is 11.8 Å². The lowest BCUT2D eigenvalue weighted by Gasteiger charge is -2.17. The van der Waals surface area contributed by atoms with Crippen LogP contribution in [0.2, 0.25) is 0 Å². The van der Waals surface area contributed by atoms with Gasteiger partial charge in [0.25, 0.3) is 0 Å². The third kappa shape index (κ3) is 4.95. The summed E-state index contributed by atoms with van der Waals surface area (Å²) in [5.74, 6) is -0.216. The Kier molecular flexibility index (Phi) is 4.87. The Labute approximate surface area is 113 Å². The van der Waals surface area contributed by atoms with Crippen LogP contribution in [0.1, 0.15) is 27.7 Å². The van der Waals surface area contributed by atoms with E-state index in [4.69, 9.17) is 0 Å². The number of amides is 2. The third-order valence-corrected chi connectivity index (χ3v) is 2.41. The van der Waals surface area contributed by atoms with Crippen LogP contribution in [0.3, 0.4) is 0 Å². The van der Waals surface area contributed by atoms with Crippen molar-refractivity contribution in [1.82, 2.24) is 0 Å². The molecule has 0 heterocycles. The molecule has 4 nitrogen and oxygen atoms in total. The molecule has 2 N–H and O–H groups in total. The Morgan fingerprint density at radius 1 is 1.00 bits per heavy atom. The van der Waals surface area contributed by atoms with Crippen molar-refractivity contribution >= 4 is 23.2 Å². The summed E-state index contributed by atoms with van der Waals surface area (Å²) < 4.78 is 0. The lowest BCUT2D eigenvalue weighted by molar-refractivity contribution is -0.123.